The fraction of sp³-hybridized carbons (Fsp3) is 0.185. The Morgan fingerprint density at radius 2 is 1.72 bits per heavy atom. The Morgan fingerprint density at radius 1 is 1.03 bits per heavy atom. The second-order valence-electron chi connectivity index (χ2n) is 7.64. The largest absolute Gasteiger partial charge is 0.512 e. The predicted octanol–water partition coefficient (Wildman–Crippen LogP) is 6.92. The van der Waals surface area contributed by atoms with Gasteiger partial charge in [0.25, 0.3) is 0 Å². The van der Waals surface area contributed by atoms with E-state index in [4.69, 9.17) is 14.5 Å². The first-order valence-corrected chi connectivity index (χ1v) is 10.1. The van der Waals surface area contributed by atoms with Gasteiger partial charge in [-0.15, -0.1) is 35.9 Å². The number of carbonyl (C=O) groups excluding carboxylic acids is 1. The minimum Gasteiger partial charge on any atom is -0.512 e. The maximum absolute atomic E-state index is 10.0. The summed E-state index contributed by atoms with van der Waals surface area (Å²) >= 11 is 0. The normalized spacial score (nSPS) is 10.8. The molecule has 2 aromatic heterocycles. The molecule has 0 unspecified atom stereocenters. The topological polar surface area (TPSA) is 63.3 Å². The van der Waals surface area contributed by atoms with E-state index in [1.807, 2.05) is 42.5 Å². The van der Waals surface area contributed by atoms with E-state index in [9.17, 15) is 4.79 Å². The molecular formula is C27H26IrNO3-. The average molecular weight is 605 g/mol. The quantitative estimate of drug-likeness (QED) is 0.157. The minimum absolute atomic E-state index is 0. The Hall–Kier alpha value is -3.01. The van der Waals surface area contributed by atoms with E-state index in [0.717, 1.165) is 33.7 Å². The zero-order valence-corrected chi connectivity index (χ0v) is 21.2. The van der Waals surface area contributed by atoms with E-state index in [-0.39, 0.29) is 31.6 Å². The third-order valence-corrected chi connectivity index (χ3v) is 4.69. The van der Waals surface area contributed by atoms with Gasteiger partial charge in [-0.2, -0.15) is 0 Å². The molecule has 0 aliphatic carbocycles. The summed E-state index contributed by atoms with van der Waals surface area (Å²) in [6.45, 7) is 9.22. The molecule has 0 fully saturated rings. The number of ketones is 1. The van der Waals surface area contributed by atoms with Crippen LogP contribution in [0.2, 0.25) is 0 Å². The number of aryl methyl sites for hydroxylation is 3. The van der Waals surface area contributed by atoms with Gasteiger partial charge in [0.05, 0.1) is 11.3 Å². The number of hydrogen-bond acceptors (Lipinski definition) is 4. The molecule has 4 aromatic rings. The van der Waals surface area contributed by atoms with Crippen molar-refractivity contribution in [3.63, 3.8) is 0 Å². The van der Waals surface area contributed by atoms with Crippen molar-refractivity contribution < 1.29 is 34.4 Å². The van der Waals surface area contributed by atoms with Gasteiger partial charge in [0.2, 0.25) is 0 Å². The second-order valence-corrected chi connectivity index (χ2v) is 7.64. The average Bonchev–Trinajstić information content (AvgIpc) is 3.10. The number of furan rings is 1. The molecule has 4 rings (SSSR count). The summed E-state index contributed by atoms with van der Waals surface area (Å²) in [5.41, 5.74) is 8.46. The molecule has 0 amide bonds. The first-order valence-electron chi connectivity index (χ1n) is 10.1. The van der Waals surface area contributed by atoms with E-state index in [0.29, 0.717) is 0 Å². The van der Waals surface area contributed by atoms with Gasteiger partial charge in [-0.25, -0.2) is 0 Å². The Labute approximate surface area is 202 Å². The summed E-state index contributed by atoms with van der Waals surface area (Å²) in [6.07, 6.45) is 1.17. The van der Waals surface area contributed by atoms with Gasteiger partial charge in [-0.1, -0.05) is 23.8 Å². The number of fused-ring (bicyclic) bond motifs is 1. The van der Waals surface area contributed by atoms with Crippen molar-refractivity contribution >= 4 is 16.9 Å². The zero-order valence-electron chi connectivity index (χ0n) is 18.8. The number of hydrogen-bond donors (Lipinski definition) is 1. The Bertz CT molecular complexity index is 1230. The maximum atomic E-state index is 10.0. The van der Waals surface area contributed by atoms with Crippen LogP contribution in [0, 0.1) is 26.8 Å². The van der Waals surface area contributed by atoms with Crippen LogP contribution in [0.4, 0.5) is 0 Å². The molecule has 0 spiro atoms. The van der Waals surface area contributed by atoms with Gasteiger partial charge >= 0.3 is 0 Å². The number of rotatable bonds is 3. The molecule has 0 atom stereocenters. The molecule has 0 aliphatic heterocycles. The molecule has 167 valence electrons. The molecule has 5 heteroatoms. The number of carbonyl (C=O) groups is 1. The van der Waals surface area contributed by atoms with Crippen LogP contribution in [0.3, 0.4) is 0 Å². The molecule has 1 N–H and O–H groups in total. The molecule has 0 aliphatic rings. The Balaban J connectivity index is 0.000000398. The Kier molecular flexibility index (Phi) is 8.71. The number of pyridine rings is 1. The molecule has 0 saturated carbocycles. The van der Waals surface area contributed by atoms with Gasteiger partial charge in [0.15, 0.2) is 11.4 Å². The van der Waals surface area contributed by atoms with Crippen LogP contribution in [-0.2, 0) is 24.9 Å². The number of aliphatic hydroxyl groups is 1. The third-order valence-electron chi connectivity index (χ3n) is 4.69. The first kappa shape index (κ1) is 25.3. The van der Waals surface area contributed by atoms with Crippen LogP contribution < -0.4 is 0 Å². The van der Waals surface area contributed by atoms with Crippen LogP contribution in [0.15, 0.2) is 70.8 Å². The van der Waals surface area contributed by atoms with Gasteiger partial charge < -0.3 is 9.52 Å². The van der Waals surface area contributed by atoms with Gasteiger partial charge in [-0.3, -0.25) is 9.78 Å². The fourth-order valence-electron chi connectivity index (χ4n) is 3.61. The fourth-order valence-corrected chi connectivity index (χ4v) is 3.61. The Morgan fingerprint density at radius 3 is 2.25 bits per heavy atom. The van der Waals surface area contributed by atoms with Crippen LogP contribution in [-0.4, -0.2) is 15.9 Å². The van der Waals surface area contributed by atoms with Crippen LogP contribution in [0.1, 0.15) is 30.5 Å². The van der Waals surface area contributed by atoms with E-state index in [2.05, 4.69) is 39.0 Å². The summed E-state index contributed by atoms with van der Waals surface area (Å²) in [4.78, 5) is 14.8. The second kappa shape index (κ2) is 11.0. The number of benzene rings is 2. The summed E-state index contributed by atoms with van der Waals surface area (Å²) in [7, 11) is 0. The van der Waals surface area contributed by atoms with E-state index in [1.54, 1.807) is 0 Å². The molecule has 0 bridgehead atoms. The smallest absolute Gasteiger partial charge is 0.155 e. The van der Waals surface area contributed by atoms with Gasteiger partial charge in [0.1, 0.15) is 5.76 Å². The number of allylic oxidation sites excluding steroid dienone is 2. The third kappa shape index (κ3) is 6.25. The molecule has 2 heterocycles. The van der Waals surface area contributed by atoms with E-state index < -0.39 is 0 Å². The summed E-state index contributed by atoms with van der Waals surface area (Å²) in [5.74, 6) is 0.814. The van der Waals surface area contributed by atoms with E-state index in [1.165, 1.54) is 36.6 Å². The number of nitrogens with zero attached hydrogens (tertiary/aromatic N) is 1. The van der Waals surface area contributed by atoms with Crippen molar-refractivity contribution in [2.24, 2.45) is 0 Å². The van der Waals surface area contributed by atoms with Gasteiger partial charge in [-0.05, 0) is 57.5 Å². The van der Waals surface area contributed by atoms with Crippen LogP contribution in [0.5, 0.6) is 0 Å². The number of aromatic nitrogens is 1. The van der Waals surface area contributed by atoms with Crippen molar-refractivity contribution in [1.29, 1.82) is 0 Å². The first-order chi connectivity index (χ1) is 14.7. The van der Waals surface area contributed by atoms with Crippen molar-refractivity contribution in [2.45, 2.75) is 34.6 Å². The molecule has 4 nitrogen and oxygen atoms in total. The van der Waals surface area contributed by atoms with Crippen molar-refractivity contribution in [3.8, 4) is 22.6 Å². The van der Waals surface area contributed by atoms with Crippen molar-refractivity contribution in [3.05, 3.63) is 89.2 Å². The zero-order chi connectivity index (χ0) is 22.5. The minimum atomic E-state index is -0.125. The van der Waals surface area contributed by atoms with E-state index >= 15 is 0 Å². The molecular weight excluding hydrogens is 579 g/mol. The standard InChI is InChI=1S/C22H18NO.C5H8O2.Ir/c1-14-11-15(2)22(16(3)12-14)21-13-19-20(24-21)10-9-18(23-19)17-7-5-4-6-8-17;1-4(6)3-5(2)7;/h4-7,9-13H,1-3H3;3,6H,1-2H3;/q-1;;/b;4-3-;. The SMILES string of the molecule is CC(=O)/C=C(/C)O.Cc1cc(C)c(-c2cc3nc(-c4[c-]cccc4)ccc3o2)c(C)c1.[Ir]. The monoisotopic (exact) mass is 605 g/mol. The molecule has 2 aromatic carbocycles. The maximum Gasteiger partial charge on any atom is 0.155 e. The molecule has 1 radical (unpaired) electrons. The van der Waals surface area contributed by atoms with Crippen LogP contribution in [0.25, 0.3) is 33.7 Å². The van der Waals surface area contributed by atoms with Crippen LogP contribution >= 0.6 is 0 Å². The van der Waals surface area contributed by atoms with Crippen molar-refractivity contribution in [2.75, 3.05) is 0 Å². The molecule has 32 heavy (non-hydrogen) atoms. The number of aliphatic hydroxyl groups excluding tert-OH is 1. The summed E-state index contributed by atoms with van der Waals surface area (Å²) in [6, 6.07) is 21.5. The van der Waals surface area contributed by atoms with Gasteiger partial charge in [0, 0.05) is 37.8 Å². The summed E-state index contributed by atoms with van der Waals surface area (Å²) < 4.78 is 6.07. The summed E-state index contributed by atoms with van der Waals surface area (Å²) in [5, 5.41) is 8.36. The molecule has 0 saturated heterocycles. The predicted molar refractivity (Wildman–Crippen MR) is 125 cm³/mol. The van der Waals surface area contributed by atoms with Crippen molar-refractivity contribution in [1.82, 2.24) is 4.98 Å².